The zero-order valence-corrected chi connectivity index (χ0v) is 15.1. The van der Waals surface area contributed by atoms with Gasteiger partial charge in [0.25, 0.3) is 0 Å². The maximum atomic E-state index is 9.92. The summed E-state index contributed by atoms with van der Waals surface area (Å²) in [5.74, 6) is 0. The second kappa shape index (κ2) is 5.01. The average Bonchev–Trinajstić information content (AvgIpc) is 3.25. The number of aliphatic hydroxyl groups excluding tert-OH is 1. The highest BCUT2D eigenvalue weighted by molar-refractivity contribution is 6.74. The number of hydrogen-bond acceptors (Lipinski definition) is 5. The zero-order valence-electron chi connectivity index (χ0n) is 14.1. The standard InChI is InChI=1S/C15H30N2O3Si/c1-7-10-12-14(18)20-13(17(10)12)11-9(16-11)8-19-21(5,6)15(2,3)4/h9-14,16,18H,7-8H2,1-6H3/t9-,10?,11+,12?,13?,14-,17?/m1/s1. The van der Waals surface area contributed by atoms with Crippen LogP contribution in [0.15, 0.2) is 0 Å². The maximum Gasteiger partial charge on any atom is 0.192 e. The van der Waals surface area contributed by atoms with E-state index in [0.29, 0.717) is 18.1 Å². The monoisotopic (exact) mass is 314 g/mol. The van der Waals surface area contributed by atoms with Gasteiger partial charge >= 0.3 is 0 Å². The lowest BCUT2D eigenvalue weighted by Crippen LogP contribution is -2.42. The van der Waals surface area contributed by atoms with Crippen LogP contribution in [0.3, 0.4) is 0 Å². The molecule has 3 aliphatic heterocycles. The van der Waals surface area contributed by atoms with Crippen LogP contribution >= 0.6 is 0 Å². The molecule has 3 heterocycles. The predicted molar refractivity (Wildman–Crippen MR) is 84.4 cm³/mol. The Labute approximate surface area is 129 Å². The smallest absolute Gasteiger partial charge is 0.192 e. The van der Waals surface area contributed by atoms with Crippen LogP contribution < -0.4 is 5.32 Å². The molecule has 0 spiro atoms. The van der Waals surface area contributed by atoms with Crippen LogP contribution in [0, 0.1) is 0 Å². The molecule has 4 unspecified atom stereocenters. The molecule has 3 fully saturated rings. The molecule has 6 heteroatoms. The minimum absolute atomic E-state index is 0.0305. The van der Waals surface area contributed by atoms with Gasteiger partial charge in [0.2, 0.25) is 0 Å². The molecule has 122 valence electrons. The number of fused-ring (bicyclic) bond motifs is 1. The van der Waals surface area contributed by atoms with Crippen LogP contribution in [0.1, 0.15) is 34.1 Å². The molecule has 3 rings (SSSR count). The summed E-state index contributed by atoms with van der Waals surface area (Å²) in [6.07, 6.45) is 0.506. The molecule has 3 aliphatic rings. The van der Waals surface area contributed by atoms with Crippen molar-refractivity contribution < 1.29 is 14.3 Å². The van der Waals surface area contributed by atoms with Crippen molar-refractivity contribution in [1.82, 2.24) is 10.2 Å². The fraction of sp³-hybridized carbons (Fsp3) is 1.00. The average molecular weight is 315 g/mol. The molecular formula is C15H30N2O3Si. The molecule has 2 N–H and O–H groups in total. The van der Waals surface area contributed by atoms with Crippen LogP contribution in [-0.2, 0) is 9.16 Å². The van der Waals surface area contributed by atoms with Crippen molar-refractivity contribution in [1.29, 1.82) is 0 Å². The van der Waals surface area contributed by atoms with Crippen LogP contribution in [0.4, 0.5) is 0 Å². The molecule has 0 bridgehead atoms. The predicted octanol–water partition coefficient (Wildman–Crippen LogP) is 1.49. The van der Waals surface area contributed by atoms with E-state index in [1.54, 1.807) is 0 Å². The van der Waals surface area contributed by atoms with Crippen molar-refractivity contribution in [2.75, 3.05) is 6.61 Å². The van der Waals surface area contributed by atoms with Crippen molar-refractivity contribution >= 4 is 8.32 Å². The Morgan fingerprint density at radius 2 is 2.00 bits per heavy atom. The Kier molecular flexibility index (Phi) is 3.79. The highest BCUT2D eigenvalue weighted by Crippen LogP contribution is 2.46. The second-order valence-electron chi connectivity index (χ2n) is 8.20. The van der Waals surface area contributed by atoms with E-state index < -0.39 is 14.6 Å². The molecular weight excluding hydrogens is 284 g/mol. The number of nitrogens with zero attached hydrogens (tertiary/aromatic N) is 1. The summed E-state index contributed by atoms with van der Waals surface area (Å²) in [7, 11) is -1.68. The first-order valence-electron chi connectivity index (χ1n) is 8.18. The van der Waals surface area contributed by atoms with Crippen molar-refractivity contribution in [3.8, 4) is 0 Å². The molecule has 0 amide bonds. The fourth-order valence-corrected chi connectivity index (χ4v) is 4.20. The van der Waals surface area contributed by atoms with Gasteiger partial charge in [-0.1, -0.05) is 27.7 Å². The van der Waals surface area contributed by atoms with Crippen molar-refractivity contribution in [2.24, 2.45) is 0 Å². The van der Waals surface area contributed by atoms with E-state index in [-0.39, 0.29) is 17.3 Å². The molecule has 21 heavy (non-hydrogen) atoms. The van der Waals surface area contributed by atoms with Gasteiger partial charge in [-0.15, -0.1) is 0 Å². The van der Waals surface area contributed by atoms with Gasteiger partial charge in [-0.25, -0.2) is 0 Å². The third-order valence-corrected chi connectivity index (χ3v) is 10.3. The first-order chi connectivity index (χ1) is 9.67. The molecule has 3 saturated heterocycles. The van der Waals surface area contributed by atoms with Crippen LogP contribution in [-0.4, -0.2) is 61.6 Å². The van der Waals surface area contributed by atoms with E-state index in [0.717, 1.165) is 13.0 Å². The Morgan fingerprint density at radius 1 is 1.33 bits per heavy atom. The second-order valence-corrected chi connectivity index (χ2v) is 13.0. The fourth-order valence-electron chi connectivity index (χ4n) is 3.17. The number of ether oxygens (including phenoxy) is 1. The van der Waals surface area contributed by atoms with Gasteiger partial charge < -0.3 is 19.6 Å². The van der Waals surface area contributed by atoms with Crippen LogP contribution in [0.2, 0.25) is 18.1 Å². The normalized spacial score (nSPS) is 45.6. The van der Waals surface area contributed by atoms with Crippen molar-refractivity contribution in [3.05, 3.63) is 0 Å². The van der Waals surface area contributed by atoms with Gasteiger partial charge in [-0.3, -0.25) is 4.90 Å². The van der Waals surface area contributed by atoms with E-state index >= 15 is 0 Å². The minimum atomic E-state index is -1.68. The first-order valence-corrected chi connectivity index (χ1v) is 11.1. The first kappa shape index (κ1) is 15.9. The van der Waals surface area contributed by atoms with E-state index in [1.807, 2.05) is 0 Å². The number of aliphatic hydroxyl groups is 1. The number of nitrogens with one attached hydrogen (secondary N) is 1. The highest BCUT2D eigenvalue weighted by atomic mass is 28.4. The summed E-state index contributed by atoms with van der Waals surface area (Å²) >= 11 is 0. The maximum absolute atomic E-state index is 9.92. The minimum Gasteiger partial charge on any atom is -0.415 e. The molecule has 0 radical (unpaired) electrons. The summed E-state index contributed by atoms with van der Waals surface area (Å²) in [4.78, 5) is 2.31. The van der Waals surface area contributed by atoms with Gasteiger partial charge in [0.15, 0.2) is 14.6 Å². The zero-order chi connectivity index (χ0) is 15.6. The van der Waals surface area contributed by atoms with Crippen molar-refractivity contribution in [2.45, 2.75) is 88.9 Å². The molecule has 0 aromatic rings. The Balaban J connectivity index is 1.50. The number of hydrogen-bond donors (Lipinski definition) is 2. The summed E-state index contributed by atoms with van der Waals surface area (Å²) in [5.41, 5.74) is 0. The highest BCUT2D eigenvalue weighted by Gasteiger charge is 2.65. The van der Waals surface area contributed by atoms with Gasteiger partial charge in [-0.2, -0.15) is 0 Å². The molecule has 7 atom stereocenters. The van der Waals surface area contributed by atoms with E-state index in [1.165, 1.54) is 0 Å². The van der Waals surface area contributed by atoms with Gasteiger partial charge in [0.05, 0.1) is 18.7 Å². The molecule has 0 aliphatic carbocycles. The third kappa shape index (κ3) is 2.70. The molecule has 0 aromatic heterocycles. The summed E-state index contributed by atoms with van der Waals surface area (Å²) in [6.45, 7) is 14.3. The van der Waals surface area contributed by atoms with E-state index in [2.05, 4.69) is 51.0 Å². The quantitative estimate of drug-likeness (QED) is 0.594. The van der Waals surface area contributed by atoms with Gasteiger partial charge in [-0.05, 0) is 24.6 Å². The van der Waals surface area contributed by atoms with Gasteiger partial charge in [0, 0.05) is 12.1 Å². The number of rotatable bonds is 5. The molecule has 0 saturated carbocycles. The van der Waals surface area contributed by atoms with Crippen molar-refractivity contribution in [3.63, 3.8) is 0 Å². The summed E-state index contributed by atoms with van der Waals surface area (Å²) < 4.78 is 12.0. The van der Waals surface area contributed by atoms with Gasteiger partial charge in [0.1, 0.15) is 6.23 Å². The van der Waals surface area contributed by atoms with E-state index in [9.17, 15) is 5.11 Å². The lowest BCUT2D eigenvalue weighted by Gasteiger charge is -2.36. The molecule has 5 nitrogen and oxygen atoms in total. The lowest BCUT2D eigenvalue weighted by molar-refractivity contribution is -0.118. The van der Waals surface area contributed by atoms with Crippen LogP contribution in [0.5, 0.6) is 0 Å². The summed E-state index contributed by atoms with van der Waals surface area (Å²) in [6, 6.07) is 1.41. The molecule has 0 aromatic carbocycles. The topological polar surface area (TPSA) is 63.6 Å². The Bertz CT molecular complexity index is 412. The summed E-state index contributed by atoms with van der Waals surface area (Å²) in [5, 5.41) is 13.6. The Hall–Kier alpha value is 0.0169. The lowest BCUT2D eigenvalue weighted by atomic mass is 10.2. The third-order valence-electron chi connectivity index (χ3n) is 5.78. The Morgan fingerprint density at radius 3 is 2.52 bits per heavy atom. The SMILES string of the molecule is CCC1C2[C@H](O)OC([C@H]3N[C@@H]3CO[Si](C)(C)C(C)(C)C)N12. The largest absolute Gasteiger partial charge is 0.415 e. The van der Waals surface area contributed by atoms with Crippen LogP contribution in [0.25, 0.3) is 0 Å². The van der Waals surface area contributed by atoms with E-state index in [4.69, 9.17) is 9.16 Å².